The van der Waals surface area contributed by atoms with Crippen molar-refractivity contribution in [1.82, 2.24) is 20.0 Å². The summed E-state index contributed by atoms with van der Waals surface area (Å²) in [6, 6.07) is 9.10. The van der Waals surface area contributed by atoms with Gasteiger partial charge in [-0.3, -0.25) is 19.1 Å². The van der Waals surface area contributed by atoms with E-state index in [9.17, 15) is 14.4 Å². The van der Waals surface area contributed by atoms with Crippen molar-refractivity contribution in [2.75, 3.05) is 12.4 Å². The minimum Gasteiger partial charge on any atom is -0.351 e. The molecule has 1 aliphatic heterocycles. The lowest BCUT2D eigenvalue weighted by Crippen LogP contribution is -2.63. The number of fused-ring (bicyclic) bond motifs is 1. The summed E-state index contributed by atoms with van der Waals surface area (Å²) in [5.41, 5.74) is 1.01. The molecule has 9 heteroatoms. The van der Waals surface area contributed by atoms with Crippen LogP contribution in [0.3, 0.4) is 0 Å². The summed E-state index contributed by atoms with van der Waals surface area (Å²) in [4.78, 5) is 40.4. The Hall–Kier alpha value is -3.10. The van der Waals surface area contributed by atoms with E-state index in [-0.39, 0.29) is 36.0 Å². The van der Waals surface area contributed by atoms with E-state index in [1.165, 1.54) is 22.1 Å². The predicted molar refractivity (Wildman–Crippen MR) is 120 cm³/mol. The third-order valence-electron chi connectivity index (χ3n) is 6.56. The Morgan fingerprint density at radius 2 is 1.90 bits per heavy atom. The average Bonchev–Trinajstić information content (AvgIpc) is 3.18. The minimum atomic E-state index is -1.07. The number of benzene rings is 1. The molecule has 2 aliphatic rings. The van der Waals surface area contributed by atoms with Crippen LogP contribution in [0.1, 0.15) is 60.0 Å². The largest absolute Gasteiger partial charge is 0.351 e. The van der Waals surface area contributed by atoms with Crippen molar-refractivity contribution in [2.24, 2.45) is 0 Å². The number of nitrogens with zero attached hydrogens (tertiary/aromatic N) is 3. The smallest absolute Gasteiger partial charge is 0.276 e. The molecule has 31 heavy (non-hydrogen) atoms. The number of anilines is 1. The Bertz CT molecular complexity index is 1030. The van der Waals surface area contributed by atoms with Crippen molar-refractivity contribution in [3.8, 4) is 0 Å². The molecule has 1 atom stereocenters. The number of carbonyl (C=O) groups is 3. The van der Waals surface area contributed by atoms with Gasteiger partial charge < -0.3 is 15.5 Å². The molecule has 8 nitrogen and oxygen atoms in total. The van der Waals surface area contributed by atoms with Gasteiger partial charge in [0.15, 0.2) is 5.69 Å². The van der Waals surface area contributed by atoms with Crippen LogP contribution in [0.4, 0.5) is 5.69 Å². The molecule has 0 radical (unpaired) electrons. The highest BCUT2D eigenvalue weighted by Gasteiger charge is 2.46. The maximum absolute atomic E-state index is 13.1. The Morgan fingerprint density at radius 1 is 1.19 bits per heavy atom. The number of likely N-dealkylation sites (N-methyl/N-ethyl adjacent to an activating group) is 1. The SMILES string of the molecule is Bc1ccccc1NC(=O)c1cc2n(n1)CC(C)(C(=O)NC1CCCCC1)N(C)C2=O. The van der Waals surface area contributed by atoms with Crippen molar-refractivity contribution in [2.45, 2.75) is 57.2 Å². The standard InChI is InChI=1S/C22H28BN5O3/c1-22(21(31)24-14-8-4-3-5-9-14)13-28-18(20(30)27(22)2)12-17(26-28)19(29)25-16-11-7-6-10-15(16)23/h6-7,10-12,14H,3-5,8-9,13,23H2,1-2H3,(H,24,31)(H,25,29). The zero-order chi connectivity index (χ0) is 22.2. The summed E-state index contributed by atoms with van der Waals surface area (Å²) in [6.45, 7) is 1.95. The maximum Gasteiger partial charge on any atom is 0.276 e. The molecule has 3 amide bonds. The molecule has 2 N–H and O–H groups in total. The summed E-state index contributed by atoms with van der Waals surface area (Å²) in [7, 11) is 3.54. The van der Waals surface area contributed by atoms with Gasteiger partial charge in [-0.15, -0.1) is 0 Å². The predicted octanol–water partition coefficient (Wildman–Crippen LogP) is 0.687. The van der Waals surface area contributed by atoms with Gasteiger partial charge in [0.2, 0.25) is 5.91 Å². The van der Waals surface area contributed by atoms with Gasteiger partial charge in [0, 0.05) is 24.8 Å². The Kier molecular flexibility index (Phi) is 5.60. The Morgan fingerprint density at radius 3 is 2.61 bits per heavy atom. The van der Waals surface area contributed by atoms with E-state index in [1.807, 2.05) is 32.1 Å². The van der Waals surface area contributed by atoms with Gasteiger partial charge in [0.05, 0.1) is 6.54 Å². The first-order valence-corrected chi connectivity index (χ1v) is 10.8. The number of para-hydroxylation sites is 1. The zero-order valence-corrected chi connectivity index (χ0v) is 18.3. The van der Waals surface area contributed by atoms with Gasteiger partial charge in [-0.2, -0.15) is 5.10 Å². The quantitative estimate of drug-likeness (QED) is 0.710. The Balaban J connectivity index is 1.54. The maximum atomic E-state index is 13.1. The molecular weight excluding hydrogens is 393 g/mol. The van der Waals surface area contributed by atoms with Crippen molar-refractivity contribution >= 4 is 36.7 Å². The van der Waals surface area contributed by atoms with E-state index in [0.29, 0.717) is 11.4 Å². The summed E-state index contributed by atoms with van der Waals surface area (Å²) in [5, 5.41) is 10.3. The number of carbonyl (C=O) groups excluding carboxylic acids is 3. The fraction of sp³-hybridized carbons (Fsp3) is 0.455. The van der Waals surface area contributed by atoms with E-state index < -0.39 is 5.54 Å². The lowest BCUT2D eigenvalue weighted by molar-refractivity contribution is -0.133. The number of amides is 3. The van der Waals surface area contributed by atoms with Gasteiger partial charge in [0.1, 0.15) is 19.1 Å². The fourth-order valence-electron chi connectivity index (χ4n) is 4.33. The van der Waals surface area contributed by atoms with Crippen LogP contribution in [0.2, 0.25) is 0 Å². The van der Waals surface area contributed by atoms with Gasteiger partial charge in [-0.05, 0) is 25.8 Å². The van der Waals surface area contributed by atoms with Crippen molar-refractivity contribution in [3.63, 3.8) is 0 Å². The second-order valence-corrected chi connectivity index (χ2v) is 8.79. The van der Waals surface area contributed by atoms with E-state index in [2.05, 4.69) is 15.7 Å². The molecule has 0 bridgehead atoms. The van der Waals surface area contributed by atoms with Gasteiger partial charge >= 0.3 is 0 Å². The molecule has 1 fully saturated rings. The molecule has 1 saturated carbocycles. The average molecular weight is 421 g/mol. The molecule has 162 valence electrons. The zero-order valence-electron chi connectivity index (χ0n) is 18.3. The monoisotopic (exact) mass is 421 g/mol. The summed E-state index contributed by atoms with van der Waals surface area (Å²) < 4.78 is 1.48. The molecule has 2 heterocycles. The number of aromatic nitrogens is 2. The topological polar surface area (TPSA) is 96.3 Å². The molecule has 1 unspecified atom stereocenters. The van der Waals surface area contributed by atoms with Crippen molar-refractivity contribution in [3.05, 3.63) is 41.7 Å². The van der Waals surface area contributed by atoms with Crippen LogP contribution >= 0.6 is 0 Å². The third-order valence-corrected chi connectivity index (χ3v) is 6.56. The number of hydrogen-bond acceptors (Lipinski definition) is 4. The molecule has 0 saturated heterocycles. The van der Waals surface area contributed by atoms with E-state index in [0.717, 1.165) is 31.1 Å². The normalized spacial score (nSPS) is 21.5. The minimum absolute atomic E-state index is 0.149. The van der Waals surface area contributed by atoms with Crippen LogP contribution in [-0.4, -0.2) is 58.9 Å². The van der Waals surface area contributed by atoms with E-state index >= 15 is 0 Å². The van der Waals surface area contributed by atoms with Crippen molar-refractivity contribution < 1.29 is 14.4 Å². The first-order chi connectivity index (χ1) is 14.8. The second kappa shape index (κ2) is 8.21. The summed E-state index contributed by atoms with van der Waals surface area (Å²) in [5.74, 6) is -0.891. The molecule has 1 aromatic carbocycles. The summed E-state index contributed by atoms with van der Waals surface area (Å²) >= 11 is 0. The number of hydrogen-bond donors (Lipinski definition) is 2. The lowest BCUT2D eigenvalue weighted by atomic mass is 9.92. The molecule has 1 aromatic heterocycles. The van der Waals surface area contributed by atoms with E-state index in [4.69, 9.17) is 0 Å². The Labute approximate surface area is 182 Å². The van der Waals surface area contributed by atoms with Gasteiger partial charge in [-0.25, -0.2) is 0 Å². The van der Waals surface area contributed by atoms with E-state index in [1.54, 1.807) is 14.0 Å². The fourth-order valence-corrected chi connectivity index (χ4v) is 4.33. The number of nitrogens with one attached hydrogen (secondary N) is 2. The van der Waals surface area contributed by atoms with Crippen LogP contribution < -0.4 is 16.1 Å². The first kappa shape index (κ1) is 21.1. The first-order valence-electron chi connectivity index (χ1n) is 10.8. The third kappa shape index (κ3) is 3.96. The van der Waals surface area contributed by atoms with Crippen LogP contribution in [0.5, 0.6) is 0 Å². The van der Waals surface area contributed by atoms with Crippen LogP contribution in [-0.2, 0) is 11.3 Å². The lowest BCUT2D eigenvalue weighted by Gasteiger charge is -2.41. The second-order valence-electron chi connectivity index (χ2n) is 8.79. The molecular formula is C22H28BN5O3. The molecule has 1 aliphatic carbocycles. The number of rotatable bonds is 4. The van der Waals surface area contributed by atoms with Crippen LogP contribution in [0.15, 0.2) is 30.3 Å². The van der Waals surface area contributed by atoms with Gasteiger partial charge in [0.25, 0.3) is 11.8 Å². The van der Waals surface area contributed by atoms with Gasteiger partial charge in [-0.1, -0.05) is 42.9 Å². The highest BCUT2D eigenvalue weighted by molar-refractivity contribution is 6.36. The van der Waals surface area contributed by atoms with Crippen molar-refractivity contribution in [1.29, 1.82) is 0 Å². The molecule has 2 aromatic rings. The molecule has 0 spiro atoms. The van der Waals surface area contributed by atoms with Crippen LogP contribution in [0, 0.1) is 0 Å². The van der Waals surface area contributed by atoms with Crippen LogP contribution in [0.25, 0.3) is 0 Å². The summed E-state index contributed by atoms with van der Waals surface area (Å²) in [6.07, 6.45) is 5.36. The molecule has 4 rings (SSSR count). The highest BCUT2D eigenvalue weighted by atomic mass is 16.2. The highest BCUT2D eigenvalue weighted by Crippen LogP contribution is 2.27.